The van der Waals surface area contributed by atoms with Crippen LogP contribution in [0.5, 0.6) is 0 Å². The van der Waals surface area contributed by atoms with Crippen molar-refractivity contribution in [1.82, 2.24) is 10.2 Å². The predicted octanol–water partition coefficient (Wildman–Crippen LogP) is 1.61. The van der Waals surface area contributed by atoms with Crippen molar-refractivity contribution in [3.8, 4) is 6.07 Å². The van der Waals surface area contributed by atoms with Crippen LogP contribution in [0.15, 0.2) is 18.2 Å². The van der Waals surface area contributed by atoms with Gasteiger partial charge in [0.2, 0.25) is 5.91 Å². The van der Waals surface area contributed by atoms with Gasteiger partial charge in [-0.2, -0.15) is 5.26 Å². The summed E-state index contributed by atoms with van der Waals surface area (Å²) in [4.78, 5) is 13.9. The molecule has 1 aromatic carbocycles. The van der Waals surface area contributed by atoms with Crippen LogP contribution in [0.3, 0.4) is 0 Å². The highest BCUT2D eigenvalue weighted by Crippen LogP contribution is 2.12. The number of rotatable bonds is 4. The number of nitrogens with zero attached hydrogens (tertiary/aromatic N) is 2. The van der Waals surface area contributed by atoms with Gasteiger partial charge in [-0.05, 0) is 24.5 Å². The number of hydrogen-bond donors (Lipinski definition) is 1. The molecule has 112 valence electrons. The van der Waals surface area contributed by atoms with Crippen LogP contribution in [-0.2, 0) is 11.2 Å². The molecule has 1 heterocycles. The summed E-state index contributed by atoms with van der Waals surface area (Å²) in [5, 5.41) is 11.5. The first-order chi connectivity index (χ1) is 10.1. The fraction of sp³-hybridized carbons (Fsp3) is 0.467. The second-order valence-corrected chi connectivity index (χ2v) is 5.19. The number of hydrogen-bond acceptors (Lipinski definition) is 3. The molecule has 0 atom stereocenters. The van der Waals surface area contributed by atoms with E-state index in [1.807, 2.05) is 4.90 Å². The molecule has 1 amide bonds. The van der Waals surface area contributed by atoms with Crippen molar-refractivity contribution in [3.63, 3.8) is 0 Å². The Balaban J connectivity index is 1.81. The molecule has 0 radical (unpaired) electrons. The van der Waals surface area contributed by atoms with Crippen molar-refractivity contribution in [2.24, 2.45) is 0 Å². The molecule has 1 N–H and O–H groups in total. The van der Waals surface area contributed by atoms with Gasteiger partial charge < -0.3 is 5.32 Å². The molecule has 21 heavy (non-hydrogen) atoms. The van der Waals surface area contributed by atoms with Gasteiger partial charge in [-0.1, -0.05) is 6.07 Å². The molecule has 1 aliphatic heterocycles. The van der Waals surface area contributed by atoms with Crippen LogP contribution in [0.25, 0.3) is 0 Å². The van der Waals surface area contributed by atoms with Gasteiger partial charge in [0.1, 0.15) is 11.6 Å². The van der Waals surface area contributed by atoms with Crippen LogP contribution in [0.4, 0.5) is 8.78 Å². The summed E-state index contributed by atoms with van der Waals surface area (Å²) >= 11 is 0. The maximum atomic E-state index is 13.5. The average molecular weight is 293 g/mol. The topological polar surface area (TPSA) is 56.1 Å². The standard InChI is InChI=1S/C15H17F2N3O/c16-12-2-1-11(14(17)10-12)9-15(21)19-13-3-6-20(7-4-13)8-5-18/h1-2,10,13H,3-4,6-9H2,(H,19,21). The Labute approximate surface area is 122 Å². The Hall–Kier alpha value is -2.00. The van der Waals surface area contributed by atoms with Crippen LogP contribution in [0.1, 0.15) is 18.4 Å². The molecule has 1 fully saturated rings. The molecule has 4 nitrogen and oxygen atoms in total. The van der Waals surface area contributed by atoms with Gasteiger partial charge >= 0.3 is 0 Å². The fourth-order valence-corrected chi connectivity index (χ4v) is 2.45. The lowest BCUT2D eigenvalue weighted by atomic mass is 10.0. The van der Waals surface area contributed by atoms with Gasteiger partial charge in [0.15, 0.2) is 0 Å². The number of carbonyl (C=O) groups is 1. The zero-order chi connectivity index (χ0) is 15.2. The summed E-state index contributed by atoms with van der Waals surface area (Å²) in [5.74, 6) is -1.62. The lowest BCUT2D eigenvalue weighted by molar-refractivity contribution is -0.121. The summed E-state index contributed by atoms with van der Waals surface area (Å²) in [6.45, 7) is 1.94. The second-order valence-electron chi connectivity index (χ2n) is 5.19. The Morgan fingerprint density at radius 1 is 1.38 bits per heavy atom. The molecule has 1 saturated heterocycles. The third kappa shape index (κ3) is 4.50. The predicted molar refractivity (Wildman–Crippen MR) is 73.3 cm³/mol. The number of likely N-dealkylation sites (tertiary alicyclic amines) is 1. The molecule has 0 aliphatic carbocycles. The molecule has 0 aromatic heterocycles. The smallest absolute Gasteiger partial charge is 0.224 e. The van der Waals surface area contributed by atoms with E-state index in [1.54, 1.807) is 0 Å². The average Bonchev–Trinajstić information content (AvgIpc) is 2.44. The third-order valence-electron chi connectivity index (χ3n) is 3.61. The summed E-state index contributed by atoms with van der Waals surface area (Å²) in [6, 6.07) is 5.37. The highest BCUT2D eigenvalue weighted by Gasteiger charge is 2.20. The van der Waals surface area contributed by atoms with Crippen molar-refractivity contribution in [2.45, 2.75) is 25.3 Å². The van der Waals surface area contributed by atoms with Gasteiger partial charge in [-0.25, -0.2) is 8.78 Å². The van der Waals surface area contributed by atoms with Crippen LogP contribution in [0.2, 0.25) is 0 Å². The monoisotopic (exact) mass is 293 g/mol. The van der Waals surface area contributed by atoms with Crippen LogP contribution < -0.4 is 5.32 Å². The Morgan fingerprint density at radius 2 is 2.10 bits per heavy atom. The van der Waals surface area contributed by atoms with Crippen LogP contribution in [0, 0.1) is 23.0 Å². The van der Waals surface area contributed by atoms with Crippen LogP contribution >= 0.6 is 0 Å². The summed E-state index contributed by atoms with van der Waals surface area (Å²) < 4.78 is 26.3. The van der Waals surface area contributed by atoms with E-state index in [2.05, 4.69) is 11.4 Å². The zero-order valence-corrected chi connectivity index (χ0v) is 11.6. The minimum atomic E-state index is -0.700. The Morgan fingerprint density at radius 3 is 2.71 bits per heavy atom. The maximum absolute atomic E-state index is 13.5. The molecule has 0 saturated carbocycles. The van der Waals surface area contributed by atoms with E-state index < -0.39 is 11.6 Å². The number of nitrogens with one attached hydrogen (secondary N) is 1. The van der Waals surface area contributed by atoms with E-state index in [0.29, 0.717) is 6.54 Å². The van der Waals surface area contributed by atoms with E-state index in [9.17, 15) is 13.6 Å². The van der Waals surface area contributed by atoms with Crippen molar-refractivity contribution in [1.29, 1.82) is 5.26 Å². The fourth-order valence-electron chi connectivity index (χ4n) is 2.45. The van der Waals surface area contributed by atoms with E-state index in [4.69, 9.17) is 5.26 Å². The number of benzene rings is 1. The first kappa shape index (κ1) is 15.4. The summed E-state index contributed by atoms with van der Waals surface area (Å²) in [7, 11) is 0. The van der Waals surface area contributed by atoms with Crippen LogP contribution in [-0.4, -0.2) is 36.5 Å². The normalized spacial score (nSPS) is 16.4. The molecule has 6 heteroatoms. The SMILES string of the molecule is N#CCN1CCC(NC(=O)Cc2ccc(F)cc2F)CC1. The van der Waals surface area contributed by atoms with Crippen molar-refractivity contribution in [3.05, 3.63) is 35.4 Å². The van der Waals surface area contributed by atoms with Gasteiger partial charge in [0, 0.05) is 25.2 Å². The zero-order valence-electron chi connectivity index (χ0n) is 11.6. The minimum absolute atomic E-state index is 0.0518. The molecular formula is C15H17F2N3O. The largest absolute Gasteiger partial charge is 0.353 e. The van der Waals surface area contributed by atoms with Crippen molar-refractivity contribution < 1.29 is 13.6 Å². The molecule has 1 aromatic rings. The highest BCUT2D eigenvalue weighted by atomic mass is 19.1. The quantitative estimate of drug-likeness (QED) is 0.858. The first-order valence-corrected chi connectivity index (χ1v) is 6.91. The van der Waals surface area contributed by atoms with Gasteiger partial charge in [0.05, 0.1) is 19.0 Å². The van der Waals surface area contributed by atoms with E-state index in [0.717, 1.165) is 38.1 Å². The Bertz CT molecular complexity index is 548. The lowest BCUT2D eigenvalue weighted by Gasteiger charge is -2.30. The van der Waals surface area contributed by atoms with Crippen molar-refractivity contribution >= 4 is 5.91 Å². The third-order valence-corrected chi connectivity index (χ3v) is 3.61. The van der Waals surface area contributed by atoms with E-state index in [1.165, 1.54) is 6.07 Å². The lowest BCUT2D eigenvalue weighted by Crippen LogP contribution is -2.45. The van der Waals surface area contributed by atoms with Gasteiger partial charge in [-0.3, -0.25) is 9.69 Å². The highest BCUT2D eigenvalue weighted by molar-refractivity contribution is 5.78. The maximum Gasteiger partial charge on any atom is 0.224 e. The minimum Gasteiger partial charge on any atom is -0.353 e. The second kappa shape index (κ2) is 7.14. The Kier molecular flexibility index (Phi) is 5.23. The van der Waals surface area contributed by atoms with E-state index in [-0.39, 0.29) is 23.9 Å². The number of piperidine rings is 1. The number of carbonyl (C=O) groups excluding carboxylic acids is 1. The van der Waals surface area contributed by atoms with E-state index >= 15 is 0 Å². The van der Waals surface area contributed by atoms with Gasteiger partial charge in [-0.15, -0.1) is 0 Å². The molecule has 0 unspecified atom stereocenters. The van der Waals surface area contributed by atoms with Gasteiger partial charge in [0.25, 0.3) is 0 Å². The van der Waals surface area contributed by atoms with Crippen molar-refractivity contribution in [2.75, 3.05) is 19.6 Å². The molecule has 0 bridgehead atoms. The molecule has 0 spiro atoms. The number of halogens is 2. The number of amides is 1. The number of nitriles is 1. The molecular weight excluding hydrogens is 276 g/mol. The molecule has 2 rings (SSSR count). The summed E-state index contributed by atoms with van der Waals surface area (Å²) in [5.41, 5.74) is 0.191. The molecule has 1 aliphatic rings. The summed E-state index contributed by atoms with van der Waals surface area (Å²) in [6.07, 6.45) is 1.46. The first-order valence-electron chi connectivity index (χ1n) is 6.91.